The van der Waals surface area contributed by atoms with Gasteiger partial charge in [0.1, 0.15) is 5.54 Å². The van der Waals surface area contributed by atoms with Crippen LogP contribution in [-0.4, -0.2) is 77.6 Å². The predicted molar refractivity (Wildman–Crippen MR) is 126 cm³/mol. The summed E-state index contributed by atoms with van der Waals surface area (Å²) in [6.07, 6.45) is 6.34. The Labute approximate surface area is 199 Å². The normalized spacial score (nSPS) is 27.0. The molecule has 5 rings (SSSR count). The van der Waals surface area contributed by atoms with Crippen LogP contribution in [0.1, 0.15) is 37.7 Å². The summed E-state index contributed by atoms with van der Waals surface area (Å²) in [5, 5.41) is -0.297. The van der Waals surface area contributed by atoms with Gasteiger partial charge in [-0.15, -0.1) is 0 Å². The van der Waals surface area contributed by atoms with E-state index in [1.165, 1.54) is 0 Å². The quantitative estimate of drug-likeness (QED) is 0.642. The molecule has 1 aromatic heterocycles. The van der Waals surface area contributed by atoms with Crippen LogP contribution in [0.5, 0.6) is 0 Å². The van der Waals surface area contributed by atoms with Crippen molar-refractivity contribution in [1.82, 2.24) is 24.5 Å². The zero-order valence-corrected chi connectivity index (χ0v) is 20.3. The van der Waals surface area contributed by atoms with Gasteiger partial charge in [0.05, 0.1) is 17.6 Å². The van der Waals surface area contributed by atoms with Gasteiger partial charge in [-0.3, -0.25) is 9.69 Å². The van der Waals surface area contributed by atoms with E-state index in [-0.39, 0.29) is 23.2 Å². The lowest BCUT2D eigenvalue weighted by molar-refractivity contribution is -0.140. The van der Waals surface area contributed by atoms with E-state index < -0.39 is 21.4 Å². The number of nitrogens with one attached hydrogen (secondary N) is 1. The molecule has 1 saturated carbocycles. The molecule has 1 N–H and O–H groups in total. The number of hydrogen-bond donors (Lipinski definition) is 1. The number of amides is 1. The number of carbonyl (C=O) groups excluding carboxylic acids is 1. The Morgan fingerprint density at radius 1 is 1.24 bits per heavy atom. The van der Waals surface area contributed by atoms with Gasteiger partial charge in [-0.1, -0.05) is 18.2 Å². The molecule has 3 fully saturated rings. The molecule has 0 spiro atoms. The average Bonchev–Trinajstić information content (AvgIpc) is 3.49. The molecular formula is C24H30FN5O3S. The first-order chi connectivity index (χ1) is 16.2. The van der Waals surface area contributed by atoms with Gasteiger partial charge in [-0.05, 0) is 56.7 Å². The Morgan fingerprint density at radius 3 is 2.65 bits per heavy atom. The fourth-order valence-corrected chi connectivity index (χ4v) is 7.27. The van der Waals surface area contributed by atoms with E-state index in [0.717, 1.165) is 42.9 Å². The third kappa shape index (κ3) is 4.23. The van der Waals surface area contributed by atoms with Crippen LogP contribution in [-0.2, 0) is 21.2 Å². The lowest BCUT2D eigenvalue weighted by Gasteiger charge is -2.39. The van der Waals surface area contributed by atoms with Crippen molar-refractivity contribution in [3.63, 3.8) is 0 Å². The molecule has 182 valence electrons. The molecule has 1 aliphatic carbocycles. The van der Waals surface area contributed by atoms with Gasteiger partial charge in [0, 0.05) is 31.7 Å². The molecule has 2 aliphatic heterocycles. The minimum absolute atomic E-state index is 0.000963. The first-order valence-electron chi connectivity index (χ1n) is 11.8. The van der Waals surface area contributed by atoms with Crippen molar-refractivity contribution >= 4 is 15.9 Å². The molecule has 3 atom stereocenters. The molecule has 1 aromatic carbocycles. The number of nitrogens with zero attached hydrogens (tertiary/aromatic N) is 4. The second-order valence-electron chi connectivity index (χ2n) is 9.91. The van der Waals surface area contributed by atoms with E-state index in [4.69, 9.17) is 0 Å². The van der Waals surface area contributed by atoms with Crippen LogP contribution in [0.25, 0.3) is 11.4 Å². The summed E-state index contributed by atoms with van der Waals surface area (Å²) >= 11 is 0. The number of sulfonamides is 1. The molecule has 2 aromatic rings. The summed E-state index contributed by atoms with van der Waals surface area (Å²) in [5.41, 5.74) is 0.827. The van der Waals surface area contributed by atoms with Crippen LogP contribution in [0.15, 0.2) is 36.7 Å². The van der Waals surface area contributed by atoms with E-state index >= 15 is 0 Å². The summed E-state index contributed by atoms with van der Waals surface area (Å²) in [6.45, 7) is 0.757. The number of likely N-dealkylation sites (N-methyl/N-ethyl adjacent to an activating group) is 1. The van der Waals surface area contributed by atoms with E-state index in [1.807, 2.05) is 24.3 Å². The summed E-state index contributed by atoms with van der Waals surface area (Å²) in [6, 6.07) is 7.35. The zero-order valence-electron chi connectivity index (χ0n) is 19.4. The Bertz CT molecular complexity index is 1190. The Morgan fingerprint density at radius 2 is 1.97 bits per heavy atom. The van der Waals surface area contributed by atoms with Crippen molar-refractivity contribution in [2.24, 2.45) is 0 Å². The number of hydrogen-bond acceptors (Lipinski definition) is 6. The Balaban J connectivity index is 1.49. The van der Waals surface area contributed by atoms with Crippen molar-refractivity contribution in [1.29, 1.82) is 0 Å². The van der Waals surface area contributed by atoms with E-state index in [1.54, 1.807) is 19.0 Å². The molecule has 0 radical (unpaired) electrons. The van der Waals surface area contributed by atoms with Gasteiger partial charge in [0.25, 0.3) is 0 Å². The van der Waals surface area contributed by atoms with Crippen molar-refractivity contribution in [3.8, 4) is 11.4 Å². The monoisotopic (exact) mass is 487 g/mol. The smallest absolute Gasteiger partial charge is 0.242 e. The minimum atomic E-state index is -3.37. The third-order valence-corrected chi connectivity index (χ3v) is 9.24. The maximum Gasteiger partial charge on any atom is 0.242 e. The predicted octanol–water partition coefficient (Wildman–Crippen LogP) is 1.97. The molecule has 34 heavy (non-hydrogen) atoms. The van der Waals surface area contributed by atoms with Gasteiger partial charge in [0.2, 0.25) is 15.9 Å². The average molecular weight is 488 g/mol. The number of benzene rings is 1. The number of halogens is 1. The van der Waals surface area contributed by atoms with Crippen LogP contribution in [0.2, 0.25) is 0 Å². The summed E-state index contributed by atoms with van der Waals surface area (Å²) < 4.78 is 41.8. The highest BCUT2D eigenvalue weighted by molar-refractivity contribution is 7.90. The van der Waals surface area contributed by atoms with Crippen LogP contribution in [0, 0.1) is 5.82 Å². The SMILES string of the molecule is CN(C)C(=O)[C@]1(Cc2cccc(-c3ncc(F)cn3)c2)C[C@@H](NS(=O)(=O)C2CC2)[C@@H]2CCCN21. The summed E-state index contributed by atoms with van der Waals surface area (Å²) in [7, 11) is 0.126. The number of rotatable bonds is 7. The summed E-state index contributed by atoms with van der Waals surface area (Å²) in [5.74, 6) is -0.103. The fourth-order valence-electron chi connectivity index (χ4n) is 5.66. The molecule has 0 unspecified atom stereocenters. The lowest BCUT2D eigenvalue weighted by atomic mass is 9.85. The number of carbonyl (C=O) groups is 1. The van der Waals surface area contributed by atoms with Crippen LogP contribution >= 0.6 is 0 Å². The second kappa shape index (κ2) is 8.66. The number of fused-ring (bicyclic) bond motifs is 1. The lowest BCUT2D eigenvalue weighted by Crippen LogP contribution is -2.57. The molecular weight excluding hydrogens is 457 g/mol. The maximum atomic E-state index is 13.7. The third-order valence-electron chi connectivity index (χ3n) is 7.26. The Kier molecular flexibility index (Phi) is 5.94. The molecule has 10 heteroatoms. The first-order valence-corrected chi connectivity index (χ1v) is 13.3. The molecule has 0 bridgehead atoms. The van der Waals surface area contributed by atoms with E-state index in [0.29, 0.717) is 31.5 Å². The van der Waals surface area contributed by atoms with Gasteiger partial charge in [-0.2, -0.15) is 0 Å². The summed E-state index contributed by atoms with van der Waals surface area (Å²) in [4.78, 5) is 25.7. The fraction of sp³-hybridized carbons (Fsp3) is 0.542. The van der Waals surface area contributed by atoms with Gasteiger partial charge in [0.15, 0.2) is 11.6 Å². The Hall–Kier alpha value is -2.43. The van der Waals surface area contributed by atoms with Gasteiger partial charge >= 0.3 is 0 Å². The van der Waals surface area contributed by atoms with Gasteiger partial charge < -0.3 is 4.90 Å². The highest BCUT2D eigenvalue weighted by atomic mass is 32.2. The first kappa shape index (κ1) is 23.3. The molecule has 3 aliphatic rings. The maximum absolute atomic E-state index is 13.7. The van der Waals surface area contributed by atoms with E-state index in [2.05, 4.69) is 19.6 Å². The van der Waals surface area contributed by atoms with Crippen molar-refractivity contribution < 1.29 is 17.6 Å². The van der Waals surface area contributed by atoms with Crippen LogP contribution < -0.4 is 4.72 Å². The van der Waals surface area contributed by atoms with Crippen LogP contribution in [0.3, 0.4) is 0 Å². The van der Waals surface area contributed by atoms with E-state index in [9.17, 15) is 17.6 Å². The van der Waals surface area contributed by atoms with Crippen molar-refractivity contribution in [3.05, 3.63) is 48.0 Å². The van der Waals surface area contributed by atoms with Crippen molar-refractivity contribution in [2.45, 2.75) is 61.4 Å². The number of aromatic nitrogens is 2. The van der Waals surface area contributed by atoms with Crippen molar-refractivity contribution in [2.75, 3.05) is 20.6 Å². The topological polar surface area (TPSA) is 95.5 Å². The highest BCUT2D eigenvalue weighted by Crippen LogP contribution is 2.44. The van der Waals surface area contributed by atoms with Gasteiger partial charge in [-0.25, -0.2) is 27.5 Å². The molecule has 8 nitrogen and oxygen atoms in total. The minimum Gasteiger partial charge on any atom is -0.347 e. The molecule has 2 saturated heterocycles. The molecule has 3 heterocycles. The highest BCUT2D eigenvalue weighted by Gasteiger charge is 2.58. The standard InChI is InChI=1S/C24H30FN5O3S/c1-29(2)23(31)24(12-16-5-3-6-17(11-16)22-26-14-18(25)15-27-22)13-20(21-7-4-10-30(21)24)28-34(32,33)19-8-9-19/h3,5-6,11,14-15,19-21,28H,4,7-10,12-13H2,1-2H3/t20-,21+,24+/m1/s1. The molecule has 1 amide bonds. The largest absolute Gasteiger partial charge is 0.347 e. The second-order valence-corrected chi connectivity index (χ2v) is 11.9. The van der Waals surface area contributed by atoms with Crippen LogP contribution in [0.4, 0.5) is 4.39 Å². The zero-order chi connectivity index (χ0) is 24.1.